The van der Waals surface area contributed by atoms with Crippen molar-refractivity contribution in [2.24, 2.45) is 10.2 Å². The SMILES string of the molecule is CCc1ccc(/C=N/N=C/c2ccc(NC)cc2)cc1. The molecular weight excluding hydrogens is 246 g/mol. The maximum absolute atomic E-state index is 4.06. The van der Waals surface area contributed by atoms with Gasteiger partial charge in [0.1, 0.15) is 0 Å². The summed E-state index contributed by atoms with van der Waals surface area (Å²) >= 11 is 0. The minimum absolute atomic E-state index is 1.03. The third kappa shape index (κ3) is 4.05. The van der Waals surface area contributed by atoms with E-state index < -0.39 is 0 Å². The van der Waals surface area contributed by atoms with Gasteiger partial charge >= 0.3 is 0 Å². The zero-order valence-corrected chi connectivity index (χ0v) is 11.9. The van der Waals surface area contributed by atoms with Gasteiger partial charge in [-0.3, -0.25) is 0 Å². The highest BCUT2D eigenvalue weighted by Crippen LogP contribution is 2.07. The van der Waals surface area contributed by atoms with Crippen LogP contribution in [-0.4, -0.2) is 19.5 Å². The molecule has 0 aliphatic carbocycles. The van der Waals surface area contributed by atoms with Crippen LogP contribution in [0.1, 0.15) is 23.6 Å². The zero-order chi connectivity index (χ0) is 14.2. The lowest BCUT2D eigenvalue weighted by molar-refractivity contribution is 1.14. The van der Waals surface area contributed by atoms with Crippen molar-refractivity contribution in [1.29, 1.82) is 0 Å². The molecule has 0 saturated carbocycles. The molecule has 0 unspecified atom stereocenters. The highest BCUT2D eigenvalue weighted by molar-refractivity contribution is 5.83. The van der Waals surface area contributed by atoms with Gasteiger partial charge < -0.3 is 5.32 Å². The van der Waals surface area contributed by atoms with Gasteiger partial charge in [0.2, 0.25) is 0 Å². The monoisotopic (exact) mass is 265 g/mol. The maximum Gasteiger partial charge on any atom is 0.0568 e. The molecule has 0 aromatic heterocycles. The number of aryl methyl sites for hydroxylation is 1. The van der Waals surface area contributed by atoms with Crippen molar-refractivity contribution >= 4 is 18.1 Å². The van der Waals surface area contributed by atoms with Crippen LogP contribution in [0.2, 0.25) is 0 Å². The van der Waals surface area contributed by atoms with Crippen LogP contribution in [-0.2, 0) is 6.42 Å². The lowest BCUT2D eigenvalue weighted by Crippen LogP contribution is -1.88. The summed E-state index contributed by atoms with van der Waals surface area (Å²) in [4.78, 5) is 0. The Morgan fingerprint density at radius 2 is 1.35 bits per heavy atom. The molecular formula is C17H19N3. The van der Waals surface area contributed by atoms with Crippen LogP contribution in [0.4, 0.5) is 5.69 Å². The number of anilines is 1. The van der Waals surface area contributed by atoms with Crippen molar-refractivity contribution in [2.45, 2.75) is 13.3 Å². The van der Waals surface area contributed by atoms with Crippen LogP contribution < -0.4 is 5.32 Å². The van der Waals surface area contributed by atoms with Gasteiger partial charge in [0.05, 0.1) is 12.4 Å². The maximum atomic E-state index is 4.06. The van der Waals surface area contributed by atoms with Crippen molar-refractivity contribution in [3.8, 4) is 0 Å². The molecule has 0 atom stereocenters. The van der Waals surface area contributed by atoms with E-state index in [4.69, 9.17) is 0 Å². The molecule has 2 aromatic carbocycles. The molecule has 20 heavy (non-hydrogen) atoms. The van der Waals surface area contributed by atoms with Gasteiger partial charge in [-0.25, -0.2) is 0 Å². The second kappa shape index (κ2) is 7.24. The average molecular weight is 265 g/mol. The molecule has 0 aliphatic rings. The Morgan fingerprint density at radius 1 is 0.850 bits per heavy atom. The first-order valence-electron chi connectivity index (χ1n) is 6.75. The molecule has 3 heteroatoms. The largest absolute Gasteiger partial charge is 0.388 e. The van der Waals surface area contributed by atoms with Crippen LogP contribution in [0.5, 0.6) is 0 Å². The molecule has 0 heterocycles. The molecule has 0 amide bonds. The zero-order valence-electron chi connectivity index (χ0n) is 11.9. The lowest BCUT2D eigenvalue weighted by atomic mass is 10.1. The van der Waals surface area contributed by atoms with Crippen molar-refractivity contribution in [3.05, 3.63) is 65.2 Å². The van der Waals surface area contributed by atoms with Crippen LogP contribution in [0.3, 0.4) is 0 Å². The van der Waals surface area contributed by atoms with Gasteiger partial charge in [-0.05, 0) is 35.2 Å². The minimum atomic E-state index is 1.03. The van der Waals surface area contributed by atoms with Crippen molar-refractivity contribution < 1.29 is 0 Å². The molecule has 102 valence electrons. The Bertz CT molecular complexity index is 525. The van der Waals surface area contributed by atoms with Gasteiger partial charge in [0, 0.05) is 12.7 Å². The molecule has 1 N–H and O–H groups in total. The first-order chi connectivity index (χ1) is 9.81. The Hall–Kier alpha value is -2.42. The van der Waals surface area contributed by atoms with Gasteiger partial charge in [-0.15, -0.1) is 0 Å². The Morgan fingerprint density at radius 3 is 1.80 bits per heavy atom. The van der Waals surface area contributed by atoms with E-state index in [0.717, 1.165) is 23.2 Å². The number of hydrogen-bond acceptors (Lipinski definition) is 3. The molecule has 0 spiro atoms. The van der Waals surface area contributed by atoms with Gasteiger partial charge in [-0.2, -0.15) is 10.2 Å². The molecule has 2 rings (SSSR count). The predicted octanol–water partition coefficient (Wildman–Crippen LogP) is 3.74. The average Bonchev–Trinajstić information content (AvgIpc) is 2.53. The molecule has 2 aromatic rings. The number of hydrogen-bond donors (Lipinski definition) is 1. The molecule has 3 nitrogen and oxygen atoms in total. The summed E-state index contributed by atoms with van der Waals surface area (Å²) in [6, 6.07) is 16.4. The van der Waals surface area contributed by atoms with Crippen molar-refractivity contribution in [2.75, 3.05) is 12.4 Å². The fourth-order valence-corrected chi connectivity index (χ4v) is 1.78. The summed E-state index contributed by atoms with van der Waals surface area (Å²) in [6.45, 7) is 2.15. The predicted molar refractivity (Wildman–Crippen MR) is 87.0 cm³/mol. The lowest BCUT2D eigenvalue weighted by Gasteiger charge is -1.98. The fourth-order valence-electron chi connectivity index (χ4n) is 1.78. The first kappa shape index (κ1) is 14.0. The normalized spacial score (nSPS) is 11.3. The van der Waals surface area contributed by atoms with Crippen molar-refractivity contribution in [1.82, 2.24) is 0 Å². The van der Waals surface area contributed by atoms with Crippen LogP contribution in [0, 0.1) is 0 Å². The Kier molecular flexibility index (Phi) is 5.07. The topological polar surface area (TPSA) is 36.8 Å². The summed E-state index contributed by atoms with van der Waals surface area (Å²) in [5, 5.41) is 11.2. The summed E-state index contributed by atoms with van der Waals surface area (Å²) < 4.78 is 0. The summed E-state index contributed by atoms with van der Waals surface area (Å²) in [6.07, 6.45) is 4.56. The second-order valence-electron chi connectivity index (χ2n) is 4.46. The van der Waals surface area contributed by atoms with E-state index in [1.165, 1.54) is 5.56 Å². The number of nitrogens with zero attached hydrogens (tertiary/aromatic N) is 2. The van der Waals surface area contributed by atoms with Gasteiger partial charge in [-0.1, -0.05) is 43.3 Å². The summed E-state index contributed by atoms with van der Waals surface area (Å²) in [5.74, 6) is 0. The minimum Gasteiger partial charge on any atom is -0.388 e. The van der Waals surface area contributed by atoms with Gasteiger partial charge in [0.15, 0.2) is 0 Å². The highest BCUT2D eigenvalue weighted by atomic mass is 15.2. The molecule has 0 bridgehead atoms. The molecule has 0 fully saturated rings. The van der Waals surface area contributed by atoms with E-state index in [-0.39, 0.29) is 0 Å². The number of nitrogens with one attached hydrogen (secondary N) is 1. The van der Waals surface area contributed by atoms with Crippen LogP contribution in [0.25, 0.3) is 0 Å². The second-order valence-corrected chi connectivity index (χ2v) is 4.46. The fraction of sp³-hybridized carbons (Fsp3) is 0.176. The Labute approximate surface area is 120 Å². The third-order valence-corrected chi connectivity index (χ3v) is 3.07. The van der Waals surface area contributed by atoms with Gasteiger partial charge in [0.25, 0.3) is 0 Å². The first-order valence-corrected chi connectivity index (χ1v) is 6.75. The van der Waals surface area contributed by atoms with E-state index in [1.54, 1.807) is 12.4 Å². The van der Waals surface area contributed by atoms with E-state index in [2.05, 4.69) is 46.7 Å². The Balaban J connectivity index is 1.95. The van der Waals surface area contributed by atoms with E-state index in [9.17, 15) is 0 Å². The molecule has 0 radical (unpaired) electrons. The number of benzene rings is 2. The smallest absolute Gasteiger partial charge is 0.0568 e. The van der Waals surface area contributed by atoms with Crippen LogP contribution >= 0.6 is 0 Å². The highest BCUT2D eigenvalue weighted by Gasteiger charge is 1.90. The van der Waals surface area contributed by atoms with Crippen LogP contribution in [0.15, 0.2) is 58.7 Å². The summed E-state index contributed by atoms with van der Waals surface area (Å²) in [7, 11) is 1.90. The standard InChI is InChI=1S/C17H19N3/c1-3-14-4-6-15(7-5-14)12-19-20-13-16-8-10-17(18-2)11-9-16/h4-13,18H,3H2,1-2H3/b19-12+,20-13+. The van der Waals surface area contributed by atoms with E-state index in [1.807, 2.05) is 31.3 Å². The number of rotatable bonds is 5. The summed E-state index contributed by atoms with van der Waals surface area (Å²) in [5.41, 5.74) is 4.50. The molecule has 0 saturated heterocycles. The third-order valence-electron chi connectivity index (χ3n) is 3.07. The van der Waals surface area contributed by atoms with Crippen molar-refractivity contribution in [3.63, 3.8) is 0 Å². The molecule has 0 aliphatic heterocycles. The van der Waals surface area contributed by atoms with E-state index in [0.29, 0.717) is 0 Å². The quantitative estimate of drug-likeness (QED) is 0.649. The van der Waals surface area contributed by atoms with E-state index >= 15 is 0 Å².